The van der Waals surface area contributed by atoms with Gasteiger partial charge in [-0.2, -0.15) is 9.78 Å². The Bertz CT molecular complexity index is 419. The van der Waals surface area contributed by atoms with Gasteiger partial charge in [-0.15, -0.1) is 0 Å². The van der Waals surface area contributed by atoms with E-state index < -0.39 is 5.79 Å². The molecule has 0 spiro atoms. The summed E-state index contributed by atoms with van der Waals surface area (Å²) in [5, 5.41) is 0. The molecule has 1 unspecified atom stereocenters. The van der Waals surface area contributed by atoms with Gasteiger partial charge in [-0.3, -0.25) is 0 Å². The standard InChI is InChI=1S/C28H54O4/c1-4-7-8-9-10-17-22-27(25-18-13-11-14-19-25)28(31-29-23-5-2,32-30-24-6-3)26-20-15-12-16-21-26/h25-27H,4-24H2,1-3H3. The third-order valence-electron chi connectivity index (χ3n) is 7.73. The van der Waals surface area contributed by atoms with Crippen molar-refractivity contribution in [2.45, 2.75) is 149 Å². The van der Waals surface area contributed by atoms with Crippen LogP contribution in [0.1, 0.15) is 143 Å². The number of hydrogen-bond donors (Lipinski definition) is 0. The second kappa shape index (κ2) is 17.3. The van der Waals surface area contributed by atoms with Crippen LogP contribution in [0.25, 0.3) is 0 Å². The van der Waals surface area contributed by atoms with E-state index in [2.05, 4.69) is 20.8 Å². The highest BCUT2D eigenvalue weighted by Crippen LogP contribution is 2.49. The minimum absolute atomic E-state index is 0.353. The van der Waals surface area contributed by atoms with Crippen molar-refractivity contribution in [2.24, 2.45) is 17.8 Å². The van der Waals surface area contributed by atoms with E-state index in [0.29, 0.717) is 31.0 Å². The van der Waals surface area contributed by atoms with Gasteiger partial charge in [-0.05, 0) is 50.9 Å². The number of unbranched alkanes of at least 4 members (excludes halogenated alkanes) is 5. The van der Waals surface area contributed by atoms with Crippen molar-refractivity contribution in [3.8, 4) is 0 Å². The van der Waals surface area contributed by atoms with E-state index in [-0.39, 0.29) is 0 Å². The molecule has 2 aliphatic rings. The highest BCUT2D eigenvalue weighted by molar-refractivity contribution is 4.91. The molecule has 2 aliphatic carbocycles. The topological polar surface area (TPSA) is 36.9 Å². The van der Waals surface area contributed by atoms with Gasteiger partial charge in [0.15, 0.2) is 0 Å². The van der Waals surface area contributed by atoms with E-state index in [0.717, 1.165) is 32.1 Å². The van der Waals surface area contributed by atoms with Crippen molar-refractivity contribution < 1.29 is 19.6 Å². The molecule has 4 nitrogen and oxygen atoms in total. The lowest BCUT2D eigenvalue weighted by Crippen LogP contribution is -2.53. The van der Waals surface area contributed by atoms with Gasteiger partial charge >= 0.3 is 0 Å². The highest BCUT2D eigenvalue weighted by Gasteiger charge is 2.53. The molecule has 0 heterocycles. The van der Waals surface area contributed by atoms with Crippen LogP contribution in [0.2, 0.25) is 0 Å². The van der Waals surface area contributed by atoms with Gasteiger partial charge in [0.25, 0.3) is 0 Å². The van der Waals surface area contributed by atoms with Gasteiger partial charge in [0.2, 0.25) is 5.79 Å². The van der Waals surface area contributed by atoms with E-state index in [1.54, 1.807) is 0 Å². The summed E-state index contributed by atoms with van der Waals surface area (Å²) in [6.07, 6.45) is 23.8. The molecule has 0 radical (unpaired) electrons. The third-order valence-corrected chi connectivity index (χ3v) is 7.73. The fourth-order valence-electron chi connectivity index (χ4n) is 5.96. The van der Waals surface area contributed by atoms with Gasteiger partial charge < -0.3 is 0 Å². The summed E-state index contributed by atoms with van der Waals surface area (Å²) >= 11 is 0. The van der Waals surface area contributed by atoms with E-state index in [4.69, 9.17) is 19.6 Å². The van der Waals surface area contributed by atoms with Crippen LogP contribution in [0, 0.1) is 17.8 Å². The normalized spacial score (nSPS) is 20.0. The maximum absolute atomic E-state index is 6.42. The molecule has 0 saturated heterocycles. The summed E-state index contributed by atoms with van der Waals surface area (Å²) in [7, 11) is 0. The van der Waals surface area contributed by atoms with Crippen LogP contribution >= 0.6 is 0 Å². The summed E-state index contributed by atoms with van der Waals surface area (Å²) in [5.74, 6) is 0.607. The van der Waals surface area contributed by atoms with Crippen LogP contribution in [0.15, 0.2) is 0 Å². The van der Waals surface area contributed by atoms with Crippen molar-refractivity contribution in [1.82, 2.24) is 0 Å². The first-order valence-electron chi connectivity index (χ1n) is 14.4. The molecule has 0 aliphatic heterocycles. The minimum Gasteiger partial charge on any atom is -0.234 e. The molecule has 32 heavy (non-hydrogen) atoms. The quantitative estimate of drug-likeness (QED) is 0.0896. The summed E-state index contributed by atoms with van der Waals surface area (Å²) in [6.45, 7) is 7.78. The Morgan fingerprint density at radius 3 is 1.72 bits per heavy atom. The SMILES string of the molecule is CCCCCCCCC(C1CCCCC1)C(OOCCC)(OOCCC)C1CCCCC1. The van der Waals surface area contributed by atoms with Crippen molar-refractivity contribution >= 4 is 0 Å². The van der Waals surface area contributed by atoms with Gasteiger partial charge in [0.1, 0.15) is 0 Å². The van der Waals surface area contributed by atoms with Gasteiger partial charge in [0.05, 0.1) is 13.2 Å². The molecule has 0 amide bonds. The lowest BCUT2D eigenvalue weighted by molar-refractivity contribution is -0.541. The molecule has 0 N–H and O–H groups in total. The Hall–Kier alpha value is -0.160. The molecular weight excluding hydrogens is 400 g/mol. The van der Waals surface area contributed by atoms with E-state index in [9.17, 15) is 0 Å². The average Bonchev–Trinajstić information content (AvgIpc) is 2.84. The molecule has 190 valence electrons. The van der Waals surface area contributed by atoms with Crippen molar-refractivity contribution in [1.29, 1.82) is 0 Å². The first kappa shape index (κ1) is 28.1. The summed E-state index contributed by atoms with van der Waals surface area (Å²) in [5.41, 5.74) is 0. The maximum Gasteiger partial charge on any atom is 0.239 e. The van der Waals surface area contributed by atoms with Crippen LogP contribution in [-0.2, 0) is 19.6 Å². The average molecular weight is 455 g/mol. The summed E-state index contributed by atoms with van der Waals surface area (Å²) < 4.78 is 0. The zero-order chi connectivity index (χ0) is 22.9. The van der Waals surface area contributed by atoms with E-state index >= 15 is 0 Å². The minimum atomic E-state index is -0.754. The fourth-order valence-corrected chi connectivity index (χ4v) is 5.96. The molecule has 4 heteroatoms. The van der Waals surface area contributed by atoms with Crippen LogP contribution in [0.3, 0.4) is 0 Å². The van der Waals surface area contributed by atoms with Crippen LogP contribution in [0.4, 0.5) is 0 Å². The predicted molar refractivity (Wildman–Crippen MR) is 132 cm³/mol. The lowest BCUT2D eigenvalue weighted by Gasteiger charge is -2.47. The fraction of sp³-hybridized carbons (Fsp3) is 1.00. The Balaban J connectivity index is 2.23. The molecule has 2 rings (SSSR count). The first-order valence-corrected chi connectivity index (χ1v) is 14.4. The van der Waals surface area contributed by atoms with Gasteiger partial charge in [-0.25, -0.2) is 9.78 Å². The molecule has 0 aromatic heterocycles. The molecule has 2 fully saturated rings. The number of hydrogen-bond acceptors (Lipinski definition) is 4. The highest BCUT2D eigenvalue weighted by atomic mass is 17.3. The predicted octanol–water partition coefficient (Wildman–Crippen LogP) is 8.93. The van der Waals surface area contributed by atoms with Crippen LogP contribution in [-0.4, -0.2) is 19.0 Å². The van der Waals surface area contributed by atoms with Gasteiger partial charge in [-0.1, -0.05) is 97.8 Å². The Kier molecular flexibility index (Phi) is 15.2. The number of rotatable bonds is 18. The summed E-state index contributed by atoms with van der Waals surface area (Å²) in [4.78, 5) is 24.6. The Labute approximate surface area is 199 Å². The van der Waals surface area contributed by atoms with Crippen LogP contribution < -0.4 is 0 Å². The largest absolute Gasteiger partial charge is 0.239 e. The third kappa shape index (κ3) is 9.24. The second-order valence-electron chi connectivity index (χ2n) is 10.4. The van der Waals surface area contributed by atoms with Gasteiger partial charge in [0, 0.05) is 11.8 Å². The molecule has 0 aromatic carbocycles. The lowest BCUT2D eigenvalue weighted by atomic mass is 9.68. The van der Waals surface area contributed by atoms with Crippen LogP contribution in [0.5, 0.6) is 0 Å². The molecule has 1 atom stereocenters. The molecule has 0 bridgehead atoms. The molecule has 2 saturated carbocycles. The van der Waals surface area contributed by atoms with Crippen molar-refractivity contribution in [2.75, 3.05) is 13.2 Å². The smallest absolute Gasteiger partial charge is 0.234 e. The Morgan fingerprint density at radius 1 is 0.625 bits per heavy atom. The van der Waals surface area contributed by atoms with E-state index in [1.807, 2.05) is 0 Å². The van der Waals surface area contributed by atoms with Crippen molar-refractivity contribution in [3.05, 3.63) is 0 Å². The molecule has 0 aromatic rings. The zero-order valence-electron chi connectivity index (χ0n) is 21.7. The monoisotopic (exact) mass is 454 g/mol. The second-order valence-corrected chi connectivity index (χ2v) is 10.4. The Morgan fingerprint density at radius 2 is 1.16 bits per heavy atom. The molecular formula is C28H54O4. The maximum atomic E-state index is 6.42. The zero-order valence-corrected chi connectivity index (χ0v) is 21.7. The van der Waals surface area contributed by atoms with E-state index in [1.165, 1.54) is 89.9 Å². The first-order chi connectivity index (χ1) is 15.8. The summed E-state index contributed by atoms with van der Waals surface area (Å²) in [6, 6.07) is 0. The van der Waals surface area contributed by atoms with Crippen molar-refractivity contribution in [3.63, 3.8) is 0 Å².